The van der Waals surface area contributed by atoms with E-state index < -0.39 is 21.8 Å². The highest BCUT2D eigenvalue weighted by Crippen LogP contribution is 2.25. The third-order valence-electron chi connectivity index (χ3n) is 4.19. The van der Waals surface area contributed by atoms with E-state index in [0.717, 1.165) is 0 Å². The smallest absolute Gasteiger partial charge is 0.343 e. The fourth-order valence-corrected chi connectivity index (χ4v) is 2.56. The fraction of sp³-hybridized carbons (Fsp3) is 0.0476. The van der Waals surface area contributed by atoms with Crippen molar-refractivity contribution < 1.29 is 28.9 Å². The van der Waals surface area contributed by atoms with E-state index in [1.54, 1.807) is 6.92 Å². The molecule has 0 saturated heterocycles. The SMILES string of the molecule is Cc1cc(OC(=O)c2ccc([N+](=O)[O-])cc2)ccc1OC(=O)c1ccc([N+](=O)[O-])cc1. The summed E-state index contributed by atoms with van der Waals surface area (Å²) in [6, 6.07) is 14.3. The van der Waals surface area contributed by atoms with Gasteiger partial charge in [-0.3, -0.25) is 20.2 Å². The summed E-state index contributed by atoms with van der Waals surface area (Å²) >= 11 is 0. The average Bonchev–Trinajstić information content (AvgIpc) is 2.75. The Morgan fingerprint density at radius 2 is 1.16 bits per heavy atom. The Hall–Kier alpha value is -4.60. The van der Waals surface area contributed by atoms with Crippen molar-refractivity contribution in [1.29, 1.82) is 0 Å². The number of benzene rings is 3. The first-order chi connectivity index (χ1) is 14.7. The molecule has 0 N–H and O–H groups in total. The molecule has 3 aromatic carbocycles. The van der Waals surface area contributed by atoms with Crippen LogP contribution >= 0.6 is 0 Å². The molecule has 0 spiro atoms. The number of esters is 2. The van der Waals surface area contributed by atoms with Crippen molar-refractivity contribution in [3.8, 4) is 11.5 Å². The number of nitrogens with zero attached hydrogens (tertiary/aromatic N) is 2. The first-order valence-electron chi connectivity index (χ1n) is 8.78. The number of rotatable bonds is 6. The van der Waals surface area contributed by atoms with Crippen molar-refractivity contribution in [3.63, 3.8) is 0 Å². The summed E-state index contributed by atoms with van der Waals surface area (Å²) < 4.78 is 10.5. The molecule has 10 nitrogen and oxygen atoms in total. The molecule has 10 heteroatoms. The van der Waals surface area contributed by atoms with Crippen molar-refractivity contribution in [1.82, 2.24) is 0 Å². The Bertz CT molecular complexity index is 1170. The van der Waals surface area contributed by atoms with Gasteiger partial charge >= 0.3 is 11.9 Å². The van der Waals surface area contributed by atoms with Crippen LogP contribution in [0.4, 0.5) is 11.4 Å². The molecule has 0 unspecified atom stereocenters. The van der Waals surface area contributed by atoms with Crippen molar-refractivity contribution >= 4 is 23.3 Å². The zero-order valence-electron chi connectivity index (χ0n) is 16.0. The van der Waals surface area contributed by atoms with Crippen LogP contribution in [0.2, 0.25) is 0 Å². The van der Waals surface area contributed by atoms with Crippen LogP contribution in [0.1, 0.15) is 26.3 Å². The second kappa shape index (κ2) is 8.82. The Labute approximate surface area is 174 Å². The minimum atomic E-state index is -0.704. The third-order valence-corrected chi connectivity index (χ3v) is 4.19. The highest BCUT2D eigenvalue weighted by atomic mass is 16.6. The number of carbonyl (C=O) groups is 2. The van der Waals surface area contributed by atoms with Gasteiger partial charge in [-0.25, -0.2) is 9.59 Å². The van der Waals surface area contributed by atoms with E-state index in [2.05, 4.69) is 0 Å². The van der Waals surface area contributed by atoms with Gasteiger partial charge < -0.3 is 9.47 Å². The molecule has 0 aliphatic carbocycles. The van der Waals surface area contributed by atoms with Crippen LogP contribution in [0.15, 0.2) is 66.7 Å². The molecular formula is C21H14N2O8. The van der Waals surface area contributed by atoms with Gasteiger partial charge in [0.1, 0.15) is 11.5 Å². The van der Waals surface area contributed by atoms with Gasteiger partial charge in [-0.15, -0.1) is 0 Å². The molecule has 3 aromatic rings. The maximum Gasteiger partial charge on any atom is 0.343 e. The molecule has 0 amide bonds. The van der Waals surface area contributed by atoms with E-state index in [1.807, 2.05) is 0 Å². The number of non-ortho nitro benzene ring substituents is 2. The number of carbonyl (C=O) groups excluding carboxylic acids is 2. The third kappa shape index (κ3) is 5.07. The van der Waals surface area contributed by atoms with E-state index in [-0.39, 0.29) is 34.0 Å². The molecular weight excluding hydrogens is 408 g/mol. The number of aryl methyl sites for hydroxylation is 1. The fourth-order valence-electron chi connectivity index (χ4n) is 2.56. The van der Waals surface area contributed by atoms with Crippen LogP contribution in [0.5, 0.6) is 11.5 Å². The zero-order valence-corrected chi connectivity index (χ0v) is 16.0. The molecule has 3 rings (SSSR count). The van der Waals surface area contributed by atoms with Crippen LogP contribution in [-0.2, 0) is 0 Å². The lowest BCUT2D eigenvalue weighted by Crippen LogP contribution is -2.10. The largest absolute Gasteiger partial charge is 0.423 e. The molecule has 31 heavy (non-hydrogen) atoms. The Balaban J connectivity index is 1.67. The van der Waals surface area contributed by atoms with E-state index in [4.69, 9.17) is 9.47 Å². The molecule has 0 fully saturated rings. The quantitative estimate of drug-likeness (QED) is 0.249. The molecule has 0 radical (unpaired) electrons. The summed E-state index contributed by atoms with van der Waals surface area (Å²) in [5, 5.41) is 21.4. The highest BCUT2D eigenvalue weighted by molar-refractivity contribution is 5.92. The van der Waals surface area contributed by atoms with Crippen molar-refractivity contribution in [3.05, 3.63) is 104 Å². The van der Waals surface area contributed by atoms with E-state index in [0.29, 0.717) is 5.56 Å². The minimum Gasteiger partial charge on any atom is -0.423 e. The number of hydrogen-bond acceptors (Lipinski definition) is 8. The van der Waals surface area contributed by atoms with Crippen LogP contribution in [0, 0.1) is 27.2 Å². The van der Waals surface area contributed by atoms with Gasteiger partial charge in [0.15, 0.2) is 0 Å². The topological polar surface area (TPSA) is 139 Å². The molecule has 0 heterocycles. The van der Waals surface area contributed by atoms with E-state index in [1.165, 1.54) is 66.7 Å². The van der Waals surface area contributed by atoms with E-state index in [9.17, 15) is 29.8 Å². The molecule has 0 aliphatic rings. The summed E-state index contributed by atoms with van der Waals surface area (Å²) in [4.78, 5) is 44.7. The predicted molar refractivity (Wildman–Crippen MR) is 107 cm³/mol. The van der Waals surface area contributed by atoms with Crippen LogP contribution in [0.3, 0.4) is 0 Å². The normalized spacial score (nSPS) is 10.2. The highest BCUT2D eigenvalue weighted by Gasteiger charge is 2.15. The number of nitro benzene ring substituents is 2. The van der Waals surface area contributed by atoms with Crippen molar-refractivity contribution in [2.45, 2.75) is 6.92 Å². The standard InChI is InChI=1S/C21H14N2O8/c1-13-12-18(30-20(24)14-2-6-16(7-3-14)22(26)27)10-11-19(13)31-21(25)15-4-8-17(9-5-15)23(28)29/h2-12H,1H3. The lowest BCUT2D eigenvalue weighted by atomic mass is 10.2. The Kier molecular flexibility index (Phi) is 6.01. The van der Waals surface area contributed by atoms with Gasteiger partial charge in [0.05, 0.1) is 21.0 Å². The monoisotopic (exact) mass is 422 g/mol. The second-order valence-electron chi connectivity index (χ2n) is 6.31. The maximum absolute atomic E-state index is 12.2. The van der Waals surface area contributed by atoms with Crippen molar-refractivity contribution in [2.75, 3.05) is 0 Å². The first-order valence-corrected chi connectivity index (χ1v) is 8.78. The molecule has 156 valence electrons. The Morgan fingerprint density at radius 1 is 0.710 bits per heavy atom. The number of ether oxygens (including phenoxy) is 2. The molecule has 0 bridgehead atoms. The predicted octanol–water partition coefficient (Wildman–Crippen LogP) is 4.25. The summed E-state index contributed by atoms with van der Waals surface area (Å²) in [6.07, 6.45) is 0. The molecule has 0 saturated carbocycles. The Morgan fingerprint density at radius 3 is 1.58 bits per heavy atom. The van der Waals surface area contributed by atoms with Gasteiger partial charge in [0.2, 0.25) is 0 Å². The maximum atomic E-state index is 12.2. The van der Waals surface area contributed by atoms with Gasteiger partial charge in [0.25, 0.3) is 11.4 Å². The number of nitro groups is 2. The minimum absolute atomic E-state index is 0.136. The van der Waals surface area contributed by atoms with Crippen LogP contribution < -0.4 is 9.47 Å². The van der Waals surface area contributed by atoms with Gasteiger partial charge in [0, 0.05) is 24.3 Å². The van der Waals surface area contributed by atoms with E-state index >= 15 is 0 Å². The number of hydrogen-bond donors (Lipinski definition) is 0. The van der Waals surface area contributed by atoms with Gasteiger partial charge in [-0.1, -0.05) is 0 Å². The summed E-state index contributed by atoms with van der Waals surface area (Å²) in [5.41, 5.74) is 0.485. The van der Waals surface area contributed by atoms with Crippen LogP contribution in [-0.4, -0.2) is 21.8 Å². The molecule has 0 atom stereocenters. The molecule has 0 aliphatic heterocycles. The zero-order chi connectivity index (χ0) is 22.5. The lowest BCUT2D eigenvalue weighted by Gasteiger charge is -2.10. The molecule has 0 aromatic heterocycles. The summed E-state index contributed by atoms with van der Waals surface area (Å²) in [7, 11) is 0. The van der Waals surface area contributed by atoms with Crippen LogP contribution in [0.25, 0.3) is 0 Å². The van der Waals surface area contributed by atoms with Gasteiger partial charge in [-0.2, -0.15) is 0 Å². The van der Waals surface area contributed by atoms with Gasteiger partial charge in [-0.05, 0) is 55.0 Å². The summed E-state index contributed by atoms with van der Waals surface area (Å²) in [5.74, 6) is -0.993. The second-order valence-corrected chi connectivity index (χ2v) is 6.31. The van der Waals surface area contributed by atoms with Crippen molar-refractivity contribution in [2.24, 2.45) is 0 Å². The first kappa shape index (κ1) is 21.1. The summed E-state index contributed by atoms with van der Waals surface area (Å²) in [6.45, 7) is 1.64. The average molecular weight is 422 g/mol. The lowest BCUT2D eigenvalue weighted by molar-refractivity contribution is -0.385.